The van der Waals surface area contributed by atoms with Gasteiger partial charge in [0.05, 0.1) is 12.1 Å². The molecule has 1 rings (SSSR count). The Bertz CT molecular complexity index is 417. The van der Waals surface area contributed by atoms with Crippen LogP contribution in [0.15, 0.2) is 0 Å². The van der Waals surface area contributed by atoms with Crippen LogP contribution in [-0.4, -0.2) is 32.6 Å². The number of aryl methyl sites for hydroxylation is 1. The van der Waals surface area contributed by atoms with Gasteiger partial charge in [-0.25, -0.2) is 0 Å². The number of amides is 1. The molecule has 0 aliphatic carbocycles. The molecule has 1 heterocycles. The number of carboxylic acid groups (broad SMARTS) is 1. The Balaban J connectivity index is 2.71. The number of carbonyl (C=O) groups is 2. The highest BCUT2D eigenvalue weighted by Gasteiger charge is 2.22. The molecule has 6 nitrogen and oxygen atoms in total. The minimum absolute atomic E-state index is 0.0521. The van der Waals surface area contributed by atoms with E-state index in [9.17, 15) is 9.59 Å². The van der Waals surface area contributed by atoms with E-state index in [1.165, 1.54) is 0 Å². The van der Waals surface area contributed by atoms with Crippen molar-refractivity contribution in [1.82, 2.24) is 14.9 Å². The summed E-state index contributed by atoms with van der Waals surface area (Å²) in [5, 5.41) is 15.2. The molecule has 0 aromatic carbocycles. The normalized spacial score (nSPS) is 12.5. The van der Waals surface area contributed by atoms with E-state index in [2.05, 4.69) is 14.9 Å². The molecule has 17 heavy (non-hydrogen) atoms. The van der Waals surface area contributed by atoms with Crippen LogP contribution in [0.25, 0.3) is 0 Å². The second-order valence-corrected chi connectivity index (χ2v) is 4.86. The van der Waals surface area contributed by atoms with Crippen molar-refractivity contribution in [2.24, 2.45) is 5.92 Å². The van der Waals surface area contributed by atoms with Crippen LogP contribution >= 0.6 is 11.5 Å². The number of hydrogen-bond donors (Lipinski definition) is 2. The SMILES string of the molecule is Cc1nnsc1C(=O)NC(CC(=O)O)C(C)C. The maximum Gasteiger partial charge on any atom is 0.305 e. The fourth-order valence-corrected chi connectivity index (χ4v) is 1.87. The molecule has 7 heteroatoms. The van der Waals surface area contributed by atoms with Gasteiger partial charge in [0.2, 0.25) is 0 Å². The quantitative estimate of drug-likeness (QED) is 0.823. The van der Waals surface area contributed by atoms with Crippen molar-refractivity contribution in [2.45, 2.75) is 33.2 Å². The summed E-state index contributed by atoms with van der Waals surface area (Å²) in [4.78, 5) is 23.0. The first-order valence-electron chi connectivity index (χ1n) is 5.23. The third-order valence-electron chi connectivity index (χ3n) is 2.37. The fourth-order valence-electron chi connectivity index (χ4n) is 1.32. The highest BCUT2D eigenvalue weighted by Crippen LogP contribution is 2.12. The van der Waals surface area contributed by atoms with E-state index in [4.69, 9.17) is 5.11 Å². The summed E-state index contributed by atoms with van der Waals surface area (Å²) in [6.07, 6.45) is -0.0886. The fraction of sp³-hybridized carbons (Fsp3) is 0.600. The first-order valence-corrected chi connectivity index (χ1v) is 6.00. The van der Waals surface area contributed by atoms with Crippen molar-refractivity contribution < 1.29 is 14.7 Å². The van der Waals surface area contributed by atoms with Crippen LogP contribution in [0.3, 0.4) is 0 Å². The Labute approximate surface area is 103 Å². The van der Waals surface area contributed by atoms with Crippen molar-refractivity contribution in [3.8, 4) is 0 Å². The molecule has 0 radical (unpaired) electrons. The lowest BCUT2D eigenvalue weighted by Crippen LogP contribution is -2.40. The van der Waals surface area contributed by atoms with E-state index in [0.717, 1.165) is 11.5 Å². The van der Waals surface area contributed by atoms with Crippen LogP contribution < -0.4 is 5.32 Å². The van der Waals surface area contributed by atoms with Crippen molar-refractivity contribution >= 4 is 23.4 Å². The van der Waals surface area contributed by atoms with E-state index < -0.39 is 5.97 Å². The van der Waals surface area contributed by atoms with Gasteiger partial charge in [0.1, 0.15) is 4.88 Å². The third kappa shape index (κ3) is 3.77. The number of aromatic nitrogens is 2. The third-order valence-corrected chi connectivity index (χ3v) is 3.20. The number of carboxylic acids is 1. The Hall–Kier alpha value is -1.50. The van der Waals surface area contributed by atoms with Crippen LogP contribution in [0, 0.1) is 12.8 Å². The van der Waals surface area contributed by atoms with Crippen molar-refractivity contribution in [1.29, 1.82) is 0 Å². The Morgan fingerprint density at radius 1 is 1.47 bits per heavy atom. The molecule has 2 N–H and O–H groups in total. The van der Waals surface area contributed by atoms with Crippen molar-refractivity contribution in [3.05, 3.63) is 10.6 Å². The van der Waals surface area contributed by atoms with Gasteiger partial charge in [-0.3, -0.25) is 9.59 Å². The molecule has 0 aliphatic rings. The highest BCUT2D eigenvalue weighted by atomic mass is 32.1. The predicted octanol–water partition coefficient (Wildman–Crippen LogP) is 1.08. The van der Waals surface area contributed by atoms with Gasteiger partial charge in [-0.1, -0.05) is 18.3 Å². The predicted molar refractivity (Wildman–Crippen MR) is 63.0 cm³/mol. The molecule has 1 atom stereocenters. The van der Waals surface area contributed by atoms with Crippen LogP contribution in [0.2, 0.25) is 0 Å². The van der Waals surface area contributed by atoms with Crippen LogP contribution in [-0.2, 0) is 4.79 Å². The van der Waals surface area contributed by atoms with Crippen LogP contribution in [0.1, 0.15) is 35.6 Å². The Kier molecular flexibility index (Phi) is 4.56. The summed E-state index contributed by atoms with van der Waals surface area (Å²) in [6.45, 7) is 5.43. The first kappa shape index (κ1) is 13.6. The Morgan fingerprint density at radius 3 is 2.53 bits per heavy atom. The zero-order valence-corrected chi connectivity index (χ0v) is 10.7. The lowest BCUT2D eigenvalue weighted by Gasteiger charge is -2.20. The Morgan fingerprint density at radius 2 is 2.12 bits per heavy atom. The van der Waals surface area contributed by atoms with E-state index in [1.807, 2.05) is 13.8 Å². The first-order chi connectivity index (χ1) is 7.91. The number of rotatable bonds is 5. The molecule has 0 saturated carbocycles. The summed E-state index contributed by atoms with van der Waals surface area (Å²) in [5.74, 6) is -1.18. The summed E-state index contributed by atoms with van der Waals surface area (Å²) < 4.78 is 3.67. The summed E-state index contributed by atoms with van der Waals surface area (Å²) >= 11 is 1.01. The summed E-state index contributed by atoms with van der Waals surface area (Å²) in [5.41, 5.74) is 0.560. The average Bonchev–Trinajstić information content (AvgIpc) is 2.62. The standard InChI is InChI=1S/C10H15N3O3S/c1-5(2)7(4-8(14)15)11-10(16)9-6(3)12-13-17-9/h5,7H,4H2,1-3H3,(H,11,16)(H,14,15). The minimum Gasteiger partial charge on any atom is -0.481 e. The molecule has 1 aromatic rings. The van der Waals surface area contributed by atoms with Crippen molar-refractivity contribution in [3.63, 3.8) is 0 Å². The van der Waals surface area contributed by atoms with Crippen LogP contribution in [0.5, 0.6) is 0 Å². The second kappa shape index (κ2) is 5.72. The minimum atomic E-state index is -0.928. The van der Waals surface area contributed by atoms with Gasteiger partial charge >= 0.3 is 5.97 Å². The maximum atomic E-state index is 11.8. The summed E-state index contributed by atoms with van der Waals surface area (Å²) in [7, 11) is 0. The van der Waals surface area contributed by atoms with E-state index in [-0.39, 0.29) is 24.3 Å². The molecule has 0 bridgehead atoms. The molecule has 0 aliphatic heterocycles. The molecule has 1 unspecified atom stereocenters. The average molecular weight is 257 g/mol. The topological polar surface area (TPSA) is 92.2 Å². The smallest absolute Gasteiger partial charge is 0.305 e. The largest absolute Gasteiger partial charge is 0.481 e. The highest BCUT2D eigenvalue weighted by molar-refractivity contribution is 7.08. The molecule has 0 saturated heterocycles. The molecule has 1 aromatic heterocycles. The lowest BCUT2D eigenvalue weighted by molar-refractivity contribution is -0.137. The molecule has 0 fully saturated rings. The van der Waals surface area contributed by atoms with E-state index in [0.29, 0.717) is 10.6 Å². The number of nitrogens with zero attached hydrogens (tertiary/aromatic N) is 2. The van der Waals surface area contributed by atoms with Gasteiger partial charge in [0.15, 0.2) is 0 Å². The molecular weight excluding hydrogens is 242 g/mol. The van der Waals surface area contributed by atoms with Crippen LogP contribution in [0.4, 0.5) is 0 Å². The van der Waals surface area contributed by atoms with Crippen molar-refractivity contribution in [2.75, 3.05) is 0 Å². The number of hydrogen-bond acceptors (Lipinski definition) is 5. The van der Waals surface area contributed by atoms with E-state index >= 15 is 0 Å². The molecule has 94 valence electrons. The molecular formula is C10H15N3O3S. The van der Waals surface area contributed by atoms with Gasteiger partial charge in [-0.05, 0) is 24.4 Å². The monoisotopic (exact) mass is 257 g/mol. The number of nitrogens with one attached hydrogen (secondary N) is 1. The van der Waals surface area contributed by atoms with Gasteiger partial charge in [-0.2, -0.15) is 0 Å². The van der Waals surface area contributed by atoms with Gasteiger partial charge in [-0.15, -0.1) is 5.10 Å². The van der Waals surface area contributed by atoms with E-state index in [1.54, 1.807) is 6.92 Å². The zero-order valence-electron chi connectivity index (χ0n) is 9.93. The molecule has 1 amide bonds. The molecule has 0 spiro atoms. The number of carbonyl (C=O) groups excluding carboxylic acids is 1. The summed E-state index contributed by atoms with van der Waals surface area (Å²) in [6, 6.07) is -0.388. The van der Waals surface area contributed by atoms with Gasteiger partial charge in [0, 0.05) is 6.04 Å². The van der Waals surface area contributed by atoms with Gasteiger partial charge in [0.25, 0.3) is 5.91 Å². The van der Waals surface area contributed by atoms with Gasteiger partial charge < -0.3 is 10.4 Å². The zero-order chi connectivity index (χ0) is 13.0. The number of aliphatic carboxylic acids is 1. The second-order valence-electron chi connectivity index (χ2n) is 4.11. The lowest BCUT2D eigenvalue weighted by atomic mass is 10.0. The maximum absolute atomic E-state index is 11.8.